The molecule has 88 valence electrons. The number of rotatable bonds is 3. The molecule has 0 aromatic carbocycles. The number of nitrogens with one attached hydrogen (secondary N) is 1. The van der Waals surface area contributed by atoms with Crippen LogP contribution in [-0.4, -0.2) is 23.0 Å². The Bertz CT molecular complexity index is 378. The van der Waals surface area contributed by atoms with Gasteiger partial charge in [0.25, 0.3) is 5.91 Å². The minimum Gasteiger partial charge on any atom is -0.361 e. The highest BCUT2D eigenvalue weighted by atomic mass is 35.5. The maximum atomic E-state index is 11.8. The summed E-state index contributed by atoms with van der Waals surface area (Å²) in [6.07, 6.45) is 3.21. The summed E-state index contributed by atoms with van der Waals surface area (Å²) < 4.78 is 4.87. The first-order valence-electron chi connectivity index (χ1n) is 5.51. The molecule has 0 aliphatic heterocycles. The maximum absolute atomic E-state index is 11.8. The molecule has 2 unspecified atom stereocenters. The molecule has 16 heavy (non-hydrogen) atoms. The molecule has 1 aromatic heterocycles. The van der Waals surface area contributed by atoms with Crippen LogP contribution >= 0.6 is 11.6 Å². The van der Waals surface area contributed by atoms with Crippen molar-refractivity contribution in [3.8, 4) is 0 Å². The van der Waals surface area contributed by atoms with Gasteiger partial charge in [0.2, 0.25) is 0 Å². The van der Waals surface area contributed by atoms with E-state index in [0.29, 0.717) is 23.3 Å². The van der Waals surface area contributed by atoms with Crippen molar-refractivity contribution in [1.82, 2.24) is 10.5 Å². The van der Waals surface area contributed by atoms with Gasteiger partial charge in [0.15, 0.2) is 5.69 Å². The van der Waals surface area contributed by atoms with Crippen molar-refractivity contribution in [1.29, 1.82) is 0 Å². The molecule has 2 rings (SSSR count). The Morgan fingerprint density at radius 1 is 1.69 bits per heavy atom. The van der Waals surface area contributed by atoms with E-state index in [2.05, 4.69) is 10.5 Å². The van der Waals surface area contributed by atoms with E-state index in [-0.39, 0.29) is 11.9 Å². The van der Waals surface area contributed by atoms with Gasteiger partial charge < -0.3 is 9.84 Å². The number of amides is 1. The molecule has 2 atom stereocenters. The summed E-state index contributed by atoms with van der Waals surface area (Å²) in [5.41, 5.74) is 0.345. The summed E-state index contributed by atoms with van der Waals surface area (Å²) in [4.78, 5) is 11.8. The van der Waals surface area contributed by atoms with Gasteiger partial charge in [-0.1, -0.05) is 11.6 Å². The highest BCUT2D eigenvalue weighted by Gasteiger charge is 2.28. The molecule has 1 fully saturated rings. The number of hydrogen-bond acceptors (Lipinski definition) is 3. The van der Waals surface area contributed by atoms with Crippen LogP contribution in [0, 0.1) is 12.8 Å². The third kappa shape index (κ3) is 2.38. The first-order chi connectivity index (χ1) is 7.70. The van der Waals surface area contributed by atoms with Gasteiger partial charge in [-0.25, -0.2) is 0 Å². The molecular weight excluding hydrogens is 228 g/mol. The van der Waals surface area contributed by atoms with E-state index in [9.17, 15) is 4.79 Å². The van der Waals surface area contributed by atoms with Crippen molar-refractivity contribution in [3.05, 3.63) is 17.5 Å². The SMILES string of the molecule is Cc1cc(C(=O)NC2CCCC2CCl)no1. The lowest BCUT2D eigenvalue weighted by molar-refractivity contribution is 0.0921. The number of nitrogens with zero attached hydrogens (tertiary/aromatic N) is 1. The van der Waals surface area contributed by atoms with Gasteiger partial charge >= 0.3 is 0 Å². The second kappa shape index (κ2) is 4.87. The van der Waals surface area contributed by atoms with Crippen LogP contribution in [0.5, 0.6) is 0 Å². The zero-order chi connectivity index (χ0) is 11.5. The molecule has 1 N–H and O–H groups in total. The van der Waals surface area contributed by atoms with E-state index in [4.69, 9.17) is 16.1 Å². The zero-order valence-electron chi connectivity index (χ0n) is 9.20. The number of halogens is 1. The summed E-state index contributed by atoms with van der Waals surface area (Å²) >= 11 is 5.85. The van der Waals surface area contributed by atoms with Crippen molar-refractivity contribution in [3.63, 3.8) is 0 Å². The molecule has 1 aliphatic carbocycles. The number of carbonyl (C=O) groups is 1. The number of carbonyl (C=O) groups excluding carboxylic acids is 1. The van der Waals surface area contributed by atoms with Gasteiger partial charge in [0.1, 0.15) is 5.76 Å². The van der Waals surface area contributed by atoms with Crippen LogP contribution in [0.2, 0.25) is 0 Å². The van der Waals surface area contributed by atoms with Crippen LogP contribution in [0.25, 0.3) is 0 Å². The van der Waals surface area contributed by atoms with Crippen molar-refractivity contribution < 1.29 is 9.32 Å². The lowest BCUT2D eigenvalue weighted by atomic mass is 10.1. The summed E-state index contributed by atoms with van der Waals surface area (Å²) in [5, 5.41) is 6.65. The van der Waals surface area contributed by atoms with Gasteiger partial charge in [-0.15, -0.1) is 11.6 Å². The first kappa shape index (κ1) is 11.5. The van der Waals surface area contributed by atoms with E-state index in [0.717, 1.165) is 19.3 Å². The monoisotopic (exact) mass is 242 g/mol. The quantitative estimate of drug-likeness (QED) is 0.826. The molecule has 5 heteroatoms. The fraction of sp³-hybridized carbons (Fsp3) is 0.636. The fourth-order valence-electron chi connectivity index (χ4n) is 2.13. The molecule has 1 aliphatic rings. The van der Waals surface area contributed by atoms with Crippen molar-refractivity contribution in [2.75, 3.05) is 5.88 Å². The van der Waals surface area contributed by atoms with Gasteiger partial charge in [-0.05, 0) is 25.7 Å². The van der Waals surface area contributed by atoms with Crippen LogP contribution in [0.4, 0.5) is 0 Å². The number of aryl methyl sites for hydroxylation is 1. The standard InChI is InChI=1S/C11H15ClN2O2/c1-7-5-10(14-16-7)11(15)13-9-4-2-3-8(9)6-12/h5,8-9H,2-4,6H2,1H3,(H,13,15). The van der Waals surface area contributed by atoms with Crippen molar-refractivity contribution >= 4 is 17.5 Å². The molecule has 0 spiro atoms. The van der Waals surface area contributed by atoms with Crippen LogP contribution in [0.3, 0.4) is 0 Å². The fourth-order valence-corrected chi connectivity index (χ4v) is 2.50. The predicted octanol–water partition coefficient (Wildman–Crippen LogP) is 2.12. The van der Waals surface area contributed by atoms with Crippen molar-refractivity contribution in [2.45, 2.75) is 32.2 Å². The minimum absolute atomic E-state index is 0.168. The number of aromatic nitrogens is 1. The van der Waals surface area contributed by atoms with E-state index < -0.39 is 0 Å². The third-order valence-electron chi connectivity index (χ3n) is 3.03. The maximum Gasteiger partial charge on any atom is 0.273 e. The highest BCUT2D eigenvalue weighted by molar-refractivity contribution is 6.18. The lowest BCUT2D eigenvalue weighted by Gasteiger charge is -2.17. The Morgan fingerprint density at radius 3 is 3.12 bits per heavy atom. The van der Waals surface area contributed by atoms with Crippen LogP contribution < -0.4 is 5.32 Å². The molecule has 0 saturated heterocycles. The zero-order valence-corrected chi connectivity index (χ0v) is 9.96. The molecule has 1 saturated carbocycles. The molecule has 0 radical (unpaired) electrons. The topological polar surface area (TPSA) is 55.1 Å². The normalized spacial score (nSPS) is 24.6. The van der Waals surface area contributed by atoms with E-state index >= 15 is 0 Å². The molecule has 1 heterocycles. The average Bonchev–Trinajstić information content (AvgIpc) is 2.86. The largest absolute Gasteiger partial charge is 0.361 e. The summed E-state index contributed by atoms with van der Waals surface area (Å²) in [7, 11) is 0. The van der Waals surface area contributed by atoms with E-state index in [1.807, 2.05) is 0 Å². The first-order valence-corrected chi connectivity index (χ1v) is 6.04. The average molecular weight is 243 g/mol. The van der Waals surface area contributed by atoms with Gasteiger partial charge in [-0.3, -0.25) is 4.79 Å². The van der Waals surface area contributed by atoms with Crippen LogP contribution in [0.1, 0.15) is 35.5 Å². The second-order valence-electron chi connectivity index (χ2n) is 4.25. The van der Waals surface area contributed by atoms with Gasteiger partial charge in [0, 0.05) is 18.0 Å². The highest BCUT2D eigenvalue weighted by Crippen LogP contribution is 2.26. The molecular formula is C11H15ClN2O2. The van der Waals surface area contributed by atoms with Gasteiger partial charge in [0.05, 0.1) is 0 Å². The lowest BCUT2D eigenvalue weighted by Crippen LogP contribution is -2.38. The van der Waals surface area contributed by atoms with Crippen LogP contribution in [-0.2, 0) is 0 Å². The van der Waals surface area contributed by atoms with E-state index in [1.165, 1.54) is 0 Å². The second-order valence-corrected chi connectivity index (χ2v) is 4.56. The number of alkyl halides is 1. The Labute approximate surface area is 99.3 Å². The molecule has 0 bridgehead atoms. The van der Waals surface area contributed by atoms with Crippen molar-refractivity contribution in [2.24, 2.45) is 5.92 Å². The Balaban J connectivity index is 1.97. The predicted molar refractivity (Wildman–Crippen MR) is 60.6 cm³/mol. The molecule has 1 amide bonds. The smallest absolute Gasteiger partial charge is 0.273 e. The van der Waals surface area contributed by atoms with E-state index in [1.54, 1.807) is 13.0 Å². The Morgan fingerprint density at radius 2 is 2.50 bits per heavy atom. The van der Waals surface area contributed by atoms with Gasteiger partial charge in [-0.2, -0.15) is 0 Å². The number of hydrogen-bond donors (Lipinski definition) is 1. The summed E-state index contributed by atoms with van der Waals surface area (Å²) in [6, 6.07) is 1.82. The Hall–Kier alpha value is -1.03. The minimum atomic E-state index is -0.168. The Kier molecular flexibility index (Phi) is 3.49. The summed E-state index contributed by atoms with van der Waals surface area (Å²) in [5.74, 6) is 1.46. The van der Waals surface area contributed by atoms with Crippen LogP contribution in [0.15, 0.2) is 10.6 Å². The third-order valence-corrected chi connectivity index (χ3v) is 3.43. The summed E-state index contributed by atoms with van der Waals surface area (Å²) in [6.45, 7) is 1.76. The molecule has 1 aromatic rings. The molecule has 4 nitrogen and oxygen atoms in total.